The molecule has 0 bridgehead atoms. The number of carbonyl (C=O) groups excluding carboxylic acids is 1. The zero-order valence-corrected chi connectivity index (χ0v) is 18.0. The van der Waals surface area contributed by atoms with Gasteiger partial charge in [-0.05, 0) is 64.5 Å². The predicted octanol–water partition coefficient (Wildman–Crippen LogP) is 5.91. The molecule has 0 N–H and O–H groups in total. The molecule has 1 heterocycles. The topological polar surface area (TPSA) is 48.0 Å². The average molecular weight is 390 g/mol. The van der Waals surface area contributed by atoms with Crippen LogP contribution < -0.4 is 0 Å². The number of hydroxylamine groups is 2. The number of nitrogens with zero attached hydrogens (tertiary/aromatic N) is 1. The van der Waals surface area contributed by atoms with E-state index in [1.165, 1.54) is 6.42 Å². The molecule has 1 fully saturated rings. The van der Waals surface area contributed by atoms with Crippen molar-refractivity contribution in [1.29, 1.82) is 0 Å². The van der Waals surface area contributed by atoms with Crippen LogP contribution in [0.2, 0.25) is 0 Å². The minimum Gasteiger partial charge on any atom is -0.434 e. The predicted molar refractivity (Wildman–Crippen MR) is 112 cm³/mol. The number of ether oxygens (including phenoxy) is 2. The van der Waals surface area contributed by atoms with Crippen LogP contribution in [0.4, 0.5) is 4.79 Å². The monoisotopic (exact) mass is 389 g/mol. The van der Waals surface area contributed by atoms with Crippen LogP contribution in [0.25, 0.3) is 6.08 Å². The molecule has 1 aliphatic heterocycles. The van der Waals surface area contributed by atoms with E-state index in [4.69, 9.17) is 14.3 Å². The number of hydrogen-bond acceptors (Lipinski definition) is 5. The fourth-order valence-corrected chi connectivity index (χ4v) is 3.79. The minimum absolute atomic E-state index is 0.0959. The minimum atomic E-state index is -0.657. The van der Waals surface area contributed by atoms with Gasteiger partial charge in [-0.3, -0.25) is 4.84 Å². The highest BCUT2D eigenvalue weighted by Crippen LogP contribution is 2.40. The van der Waals surface area contributed by atoms with Crippen molar-refractivity contribution in [2.75, 3.05) is 13.2 Å². The van der Waals surface area contributed by atoms with Crippen LogP contribution in [0.15, 0.2) is 30.8 Å². The first kappa shape index (κ1) is 22.4. The van der Waals surface area contributed by atoms with Crippen molar-refractivity contribution in [2.45, 2.75) is 77.5 Å². The lowest BCUT2D eigenvalue weighted by Gasteiger charge is -2.52. The number of piperidine rings is 1. The van der Waals surface area contributed by atoms with Crippen molar-refractivity contribution in [3.8, 4) is 0 Å². The summed E-state index contributed by atoms with van der Waals surface area (Å²) in [4.78, 5) is 18.4. The molecule has 0 saturated carbocycles. The van der Waals surface area contributed by atoms with Gasteiger partial charge < -0.3 is 9.47 Å². The summed E-state index contributed by atoms with van der Waals surface area (Å²) in [5.74, 6) is 0. The smallest absolute Gasteiger partial charge is 0.434 e. The van der Waals surface area contributed by atoms with Crippen molar-refractivity contribution in [2.24, 2.45) is 0 Å². The number of hydrogen-bond donors (Lipinski definition) is 0. The maximum absolute atomic E-state index is 11.9. The molecule has 2 rings (SSSR count). The van der Waals surface area contributed by atoms with E-state index in [9.17, 15) is 4.79 Å². The lowest BCUT2D eigenvalue weighted by Crippen LogP contribution is -2.58. The SMILES string of the molecule is C=Cc1ccc(C(COC(=O)OCCC)ON2C(C)(C)CCCC2(C)C)cc1. The Balaban J connectivity index is 2.21. The third-order valence-corrected chi connectivity index (χ3v) is 5.23. The molecular formula is C23H35NO4. The van der Waals surface area contributed by atoms with E-state index in [-0.39, 0.29) is 17.7 Å². The van der Waals surface area contributed by atoms with Gasteiger partial charge in [0.05, 0.1) is 6.61 Å². The Labute approximate surface area is 169 Å². The van der Waals surface area contributed by atoms with Crippen LogP contribution in [0.1, 0.15) is 77.5 Å². The van der Waals surface area contributed by atoms with Gasteiger partial charge in [-0.25, -0.2) is 4.79 Å². The number of carbonyl (C=O) groups is 1. The second-order valence-corrected chi connectivity index (χ2v) is 8.65. The van der Waals surface area contributed by atoms with Crippen molar-refractivity contribution < 1.29 is 19.1 Å². The summed E-state index contributed by atoms with van der Waals surface area (Å²) >= 11 is 0. The van der Waals surface area contributed by atoms with Gasteiger partial charge in [0.25, 0.3) is 0 Å². The second kappa shape index (κ2) is 9.57. The fourth-order valence-electron chi connectivity index (χ4n) is 3.79. The van der Waals surface area contributed by atoms with Gasteiger partial charge in [0, 0.05) is 11.1 Å². The zero-order chi connectivity index (χ0) is 20.8. The molecule has 1 unspecified atom stereocenters. The summed E-state index contributed by atoms with van der Waals surface area (Å²) < 4.78 is 10.4. The Morgan fingerprint density at radius 1 is 1.14 bits per heavy atom. The van der Waals surface area contributed by atoms with E-state index in [2.05, 4.69) is 39.3 Å². The molecule has 0 aromatic heterocycles. The summed E-state index contributed by atoms with van der Waals surface area (Å²) in [7, 11) is 0. The molecule has 0 spiro atoms. The molecular weight excluding hydrogens is 354 g/mol. The molecule has 0 aliphatic carbocycles. The van der Waals surface area contributed by atoms with Gasteiger partial charge in [-0.2, -0.15) is 5.06 Å². The lowest BCUT2D eigenvalue weighted by atomic mass is 9.82. The average Bonchev–Trinajstić information content (AvgIpc) is 2.65. The third-order valence-electron chi connectivity index (χ3n) is 5.23. The Kier molecular flexibility index (Phi) is 7.67. The quantitative estimate of drug-likeness (QED) is 0.517. The summed E-state index contributed by atoms with van der Waals surface area (Å²) in [5, 5.41) is 2.09. The van der Waals surface area contributed by atoms with E-state index < -0.39 is 12.3 Å². The molecule has 1 atom stereocenters. The van der Waals surface area contributed by atoms with E-state index in [0.29, 0.717) is 6.61 Å². The maximum Gasteiger partial charge on any atom is 0.508 e. The number of benzene rings is 1. The first-order valence-corrected chi connectivity index (χ1v) is 10.2. The van der Waals surface area contributed by atoms with E-state index in [1.807, 2.05) is 31.2 Å². The first-order chi connectivity index (χ1) is 13.2. The molecule has 5 heteroatoms. The van der Waals surface area contributed by atoms with Crippen LogP contribution in [-0.4, -0.2) is 35.5 Å². The number of rotatable bonds is 8. The van der Waals surface area contributed by atoms with Crippen molar-refractivity contribution >= 4 is 12.2 Å². The fraction of sp³-hybridized carbons (Fsp3) is 0.609. The van der Waals surface area contributed by atoms with Gasteiger partial charge in [0.1, 0.15) is 12.7 Å². The molecule has 156 valence electrons. The van der Waals surface area contributed by atoms with Gasteiger partial charge in [-0.15, -0.1) is 0 Å². The zero-order valence-electron chi connectivity index (χ0n) is 18.0. The summed E-state index contributed by atoms with van der Waals surface area (Å²) in [6.45, 7) is 15.0. The molecule has 0 radical (unpaired) electrons. The molecule has 1 aromatic rings. The van der Waals surface area contributed by atoms with Gasteiger partial charge in [-0.1, -0.05) is 43.8 Å². The Morgan fingerprint density at radius 2 is 1.75 bits per heavy atom. The lowest BCUT2D eigenvalue weighted by molar-refractivity contribution is -0.311. The van der Waals surface area contributed by atoms with Crippen molar-refractivity contribution in [3.63, 3.8) is 0 Å². The molecule has 1 aromatic carbocycles. The molecule has 1 saturated heterocycles. The first-order valence-electron chi connectivity index (χ1n) is 10.2. The maximum atomic E-state index is 11.9. The highest BCUT2D eigenvalue weighted by atomic mass is 16.7. The second-order valence-electron chi connectivity index (χ2n) is 8.65. The molecule has 0 amide bonds. The van der Waals surface area contributed by atoms with Crippen molar-refractivity contribution in [3.05, 3.63) is 42.0 Å². The van der Waals surface area contributed by atoms with E-state index >= 15 is 0 Å². The van der Waals surface area contributed by atoms with Gasteiger partial charge in [0.2, 0.25) is 0 Å². The largest absolute Gasteiger partial charge is 0.508 e. The Hall–Kier alpha value is -1.85. The molecule has 28 heavy (non-hydrogen) atoms. The molecule has 1 aliphatic rings. The van der Waals surface area contributed by atoms with Crippen LogP contribution in [-0.2, 0) is 14.3 Å². The van der Waals surface area contributed by atoms with Crippen LogP contribution in [0.3, 0.4) is 0 Å². The standard InChI is InChI=1S/C23H35NO4/c1-7-16-26-21(25)27-17-20(19-12-10-18(8-2)11-13-19)28-24-22(3,4)14-9-15-23(24,5)6/h8,10-13,20H,2,7,9,14-17H2,1,3-6H3. The Morgan fingerprint density at radius 3 is 2.29 bits per heavy atom. The normalized spacial score (nSPS) is 19.6. The molecule has 5 nitrogen and oxygen atoms in total. The van der Waals surface area contributed by atoms with Gasteiger partial charge in [0.15, 0.2) is 0 Å². The highest BCUT2D eigenvalue weighted by Gasteiger charge is 2.44. The summed E-state index contributed by atoms with van der Waals surface area (Å²) in [6.07, 6.45) is 4.76. The summed E-state index contributed by atoms with van der Waals surface area (Å²) in [6, 6.07) is 7.96. The van der Waals surface area contributed by atoms with Crippen LogP contribution in [0, 0.1) is 0 Å². The van der Waals surface area contributed by atoms with E-state index in [0.717, 1.165) is 30.4 Å². The third kappa shape index (κ3) is 5.82. The highest BCUT2D eigenvalue weighted by molar-refractivity contribution is 5.59. The van der Waals surface area contributed by atoms with Crippen LogP contribution in [0.5, 0.6) is 0 Å². The van der Waals surface area contributed by atoms with Crippen molar-refractivity contribution in [1.82, 2.24) is 5.06 Å². The summed E-state index contributed by atoms with van der Waals surface area (Å²) in [5.41, 5.74) is 1.77. The van der Waals surface area contributed by atoms with E-state index in [1.54, 1.807) is 6.08 Å². The Bertz CT molecular complexity index is 635. The van der Waals surface area contributed by atoms with Crippen LogP contribution >= 0.6 is 0 Å². The van der Waals surface area contributed by atoms with Gasteiger partial charge >= 0.3 is 6.16 Å².